The molecule has 0 saturated heterocycles. The van der Waals surface area contributed by atoms with Crippen molar-refractivity contribution in [3.8, 4) is 0 Å². The maximum atomic E-state index is 12.2. The van der Waals surface area contributed by atoms with Crippen LogP contribution in [0.1, 0.15) is 5.69 Å². The molecule has 0 amide bonds. The van der Waals surface area contributed by atoms with Crippen molar-refractivity contribution < 1.29 is 37.1 Å². The van der Waals surface area contributed by atoms with Gasteiger partial charge in [0.25, 0.3) is 0 Å². The van der Waals surface area contributed by atoms with Crippen LogP contribution in [-0.2, 0) is 32.7 Å². The Morgan fingerprint density at radius 3 is 2.60 bits per heavy atom. The summed E-state index contributed by atoms with van der Waals surface area (Å²) >= 11 is 0. The molecule has 0 fully saturated rings. The van der Waals surface area contributed by atoms with E-state index in [1.807, 2.05) is 0 Å². The molecular formula is C6H6FN2Y-. The van der Waals surface area contributed by atoms with E-state index in [1.165, 1.54) is 6.07 Å². The number of nitrogens with one attached hydrogen (secondary N) is 1. The minimum Gasteiger partial charge on any atom is -0.696 e. The molecule has 2 nitrogen and oxygen atoms in total. The predicted molar refractivity (Wildman–Crippen MR) is 32.9 cm³/mol. The van der Waals surface area contributed by atoms with E-state index in [4.69, 9.17) is 5.73 Å². The van der Waals surface area contributed by atoms with Crippen LogP contribution in [0.2, 0.25) is 0 Å². The Morgan fingerprint density at radius 1 is 1.60 bits per heavy atom. The fraction of sp³-hybridized carbons (Fsp3) is 0.167. The monoisotopic (exact) mass is 214 g/mol. The van der Waals surface area contributed by atoms with Gasteiger partial charge in [0.05, 0.1) is 6.20 Å². The summed E-state index contributed by atoms with van der Waals surface area (Å²) in [7, 11) is 0. The molecule has 0 atom stereocenters. The number of halogens is 1. The molecule has 1 rings (SSSR count). The number of hydrogen-bond acceptors (Lipinski definition) is 1. The Bertz CT molecular complexity index is 227. The van der Waals surface area contributed by atoms with Gasteiger partial charge in [-0.25, -0.2) is 4.39 Å². The van der Waals surface area contributed by atoms with Crippen molar-refractivity contribution >= 4 is 5.69 Å². The van der Waals surface area contributed by atoms with Crippen LogP contribution in [0.5, 0.6) is 0 Å². The minimum atomic E-state index is -0.569. The molecule has 0 unspecified atom stereocenters. The van der Waals surface area contributed by atoms with E-state index < -0.39 is 5.82 Å². The molecule has 1 N–H and O–H groups in total. The van der Waals surface area contributed by atoms with Crippen molar-refractivity contribution in [3.05, 3.63) is 29.5 Å². The van der Waals surface area contributed by atoms with E-state index in [9.17, 15) is 4.39 Å². The average molecular weight is 214 g/mol. The van der Waals surface area contributed by atoms with Gasteiger partial charge in [0, 0.05) is 38.4 Å². The summed E-state index contributed by atoms with van der Waals surface area (Å²) in [5.74, 6) is -0.569. The molecule has 0 aromatic carbocycles. The van der Waals surface area contributed by atoms with E-state index in [1.54, 1.807) is 6.92 Å². The molecule has 0 aliphatic heterocycles. The van der Waals surface area contributed by atoms with Crippen molar-refractivity contribution in [2.75, 3.05) is 0 Å². The summed E-state index contributed by atoms with van der Waals surface area (Å²) in [6, 6.07) is 1.38. The van der Waals surface area contributed by atoms with E-state index in [0.29, 0.717) is 5.69 Å². The van der Waals surface area contributed by atoms with Crippen molar-refractivity contribution in [1.29, 1.82) is 0 Å². The molecule has 0 aliphatic rings. The zero-order valence-electron chi connectivity index (χ0n) is 5.56. The summed E-state index contributed by atoms with van der Waals surface area (Å²) in [6.07, 6.45) is 1.05. The fourth-order valence-electron chi connectivity index (χ4n) is 0.543. The molecule has 1 aromatic heterocycles. The molecule has 0 aliphatic carbocycles. The first kappa shape index (κ1) is 9.98. The van der Waals surface area contributed by atoms with E-state index >= 15 is 0 Å². The first-order chi connectivity index (χ1) is 4.20. The van der Waals surface area contributed by atoms with Gasteiger partial charge >= 0.3 is 0 Å². The van der Waals surface area contributed by atoms with E-state index in [2.05, 4.69) is 4.98 Å². The predicted octanol–water partition coefficient (Wildman–Crippen LogP) is 2.21. The molecule has 0 spiro atoms. The maximum Gasteiger partial charge on any atom is 0.126 e. The molecule has 51 valence electrons. The van der Waals surface area contributed by atoms with Crippen molar-refractivity contribution in [2.45, 2.75) is 6.92 Å². The quantitative estimate of drug-likeness (QED) is 0.652. The first-order valence-electron chi connectivity index (χ1n) is 2.54. The number of pyridine rings is 1. The van der Waals surface area contributed by atoms with Gasteiger partial charge < -0.3 is 5.73 Å². The van der Waals surface area contributed by atoms with Crippen LogP contribution in [-0.4, -0.2) is 4.98 Å². The Balaban J connectivity index is 0.000000810. The van der Waals surface area contributed by atoms with Crippen LogP contribution in [0.15, 0.2) is 12.3 Å². The summed E-state index contributed by atoms with van der Waals surface area (Å²) in [4.78, 5) is 3.64. The van der Waals surface area contributed by atoms with Gasteiger partial charge in [0.15, 0.2) is 0 Å². The molecule has 0 saturated carbocycles. The third kappa shape index (κ3) is 2.31. The van der Waals surface area contributed by atoms with Gasteiger partial charge in [-0.05, 0) is 6.92 Å². The van der Waals surface area contributed by atoms with E-state index in [-0.39, 0.29) is 38.4 Å². The zero-order chi connectivity index (χ0) is 6.85. The van der Waals surface area contributed by atoms with Gasteiger partial charge in [-0.2, -0.15) is 0 Å². The summed E-state index contributed by atoms with van der Waals surface area (Å²) in [6.45, 7) is 1.72. The van der Waals surface area contributed by atoms with Gasteiger partial charge in [-0.1, -0.05) is 6.07 Å². The van der Waals surface area contributed by atoms with Crippen LogP contribution < -0.4 is 0 Å². The molecule has 1 heterocycles. The van der Waals surface area contributed by atoms with Crippen molar-refractivity contribution in [2.24, 2.45) is 0 Å². The van der Waals surface area contributed by atoms with Gasteiger partial charge in [0.2, 0.25) is 0 Å². The van der Waals surface area contributed by atoms with Gasteiger partial charge in [-0.15, -0.1) is 5.69 Å². The molecule has 1 radical (unpaired) electrons. The van der Waals surface area contributed by atoms with Crippen LogP contribution >= 0.6 is 0 Å². The maximum absolute atomic E-state index is 12.2. The second kappa shape index (κ2) is 3.99. The third-order valence-electron chi connectivity index (χ3n) is 0.992. The number of aryl methyl sites for hydroxylation is 1. The van der Waals surface area contributed by atoms with Gasteiger partial charge in [0.1, 0.15) is 5.82 Å². The molecule has 1 aromatic rings. The third-order valence-corrected chi connectivity index (χ3v) is 0.992. The van der Waals surface area contributed by atoms with Crippen LogP contribution in [0.25, 0.3) is 5.73 Å². The van der Waals surface area contributed by atoms with Gasteiger partial charge in [-0.3, -0.25) is 4.98 Å². The number of aromatic nitrogens is 1. The number of nitrogens with zero attached hydrogens (tertiary/aromatic N) is 1. The van der Waals surface area contributed by atoms with Crippen LogP contribution in [0.4, 0.5) is 10.1 Å². The number of hydrogen-bond donors (Lipinski definition) is 0. The Kier molecular flexibility index (Phi) is 3.98. The second-order valence-corrected chi connectivity index (χ2v) is 1.81. The van der Waals surface area contributed by atoms with E-state index in [0.717, 1.165) is 6.20 Å². The second-order valence-electron chi connectivity index (χ2n) is 1.81. The largest absolute Gasteiger partial charge is 0.696 e. The SMILES string of the molecule is Cc1cc([NH-])c(F)cn1.[Y]. The van der Waals surface area contributed by atoms with Crippen molar-refractivity contribution in [1.82, 2.24) is 4.98 Å². The smallest absolute Gasteiger partial charge is 0.126 e. The standard InChI is InChI=1S/C6H6FN2.Y/c1-4-2-6(8)5(7)3-9-4;/h2-3H,1H3,(H-,8,9);/q-1;. The Hall–Kier alpha value is -0.0161. The normalized spacial score (nSPS) is 8.60. The topological polar surface area (TPSA) is 36.7 Å². The zero-order valence-corrected chi connectivity index (χ0v) is 8.40. The summed E-state index contributed by atoms with van der Waals surface area (Å²) < 4.78 is 12.2. The Labute approximate surface area is 83.9 Å². The molecular weight excluding hydrogens is 208 g/mol. The van der Waals surface area contributed by atoms with Crippen LogP contribution in [0, 0.1) is 12.7 Å². The fourth-order valence-corrected chi connectivity index (χ4v) is 0.543. The average Bonchev–Trinajstić information content (AvgIpc) is 1.80. The number of rotatable bonds is 0. The molecule has 0 bridgehead atoms. The van der Waals surface area contributed by atoms with Crippen LogP contribution in [0.3, 0.4) is 0 Å². The first-order valence-corrected chi connectivity index (χ1v) is 2.54. The minimum absolute atomic E-state index is 0. The van der Waals surface area contributed by atoms with Crippen molar-refractivity contribution in [3.63, 3.8) is 0 Å². The Morgan fingerprint density at radius 2 is 2.20 bits per heavy atom. The summed E-state index contributed by atoms with van der Waals surface area (Å²) in [5, 5.41) is 0. The molecule has 4 heteroatoms. The molecule has 10 heavy (non-hydrogen) atoms. The summed E-state index contributed by atoms with van der Waals surface area (Å²) in [5.41, 5.74) is 7.52.